The summed E-state index contributed by atoms with van der Waals surface area (Å²) >= 11 is 0. The minimum Gasteiger partial charge on any atom is -0.383 e. The Hall–Kier alpha value is -1.18. The van der Waals surface area contributed by atoms with Crippen molar-refractivity contribution in [1.82, 2.24) is 14.2 Å². The molecule has 0 radical (unpaired) electrons. The zero-order valence-electron chi connectivity index (χ0n) is 13.3. The molecule has 0 fully saturated rings. The normalized spacial score (nSPS) is 12.1. The lowest BCUT2D eigenvalue weighted by atomic mass is 10.4. The zero-order valence-corrected chi connectivity index (χ0v) is 14.2. The van der Waals surface area contributed by atoms with E-state index < -0.39 is 10.0 Å². The van der Waals surface area contributed by atoms with Crippen LogP contribution in [0.25, 0.3) is 0 Å². The molecule has 0 aromatic carbocycles. The van der Waals surface area contributed by atoms with Crippen molar-refractivity contribution in [2.45, 2.75) is 24.8 Å². The molecule has 7 heteroatoms. The number of pyridine rings is 1. The van der Waals surface area contributed by atoms with Crippen molar-refractivity contribution < 1.29 is 8.42 Å². The molecule has 0 atom stereocenters. The molecule has 6 nitrogen and oxygen atoms in total. The standard InChI is InChI=1S/C14H26N4O2S/c1-5-9-15-13-8-6-10-16-14(13)21(19,20)18(4)12-7-11-17(2)3/h6,8,10,15H,5,7,9,11-12H2,1-4H3. The summed E-state index contributed by atoms with van der Waals surface area (Å²) in [4.78, 5) is 6.10. The van der Waals surface area contributed by atoms with Gasteiger partial charge in [0.2, 0.25) is 0 Å². The predicted octanol–water partition coefficient (Wildman–Crippen LogP) is 1.48. The number of rotatable bonds is 9. The maximum absolute atomic E-state index is 12.6. The fraction of sp³-hybridized carbons (Fsp3) is 0.643. The van der Waals surface area contributed by atoms with Crippen LogP contribution in [-0.4, -0.2) is 63.4 Å². The maximum Gasteiger partial charge on any atom is 0.262 e. The quantitative estimate of drug-likeness (QED) is 0.748. The van der Waals surface area contributed by atoms with Gasteiger partial charge in [-0.25, -0.2) is 13.4 Å². The van der Waals surface area contributed by atoms with Gasteiger partial charge in [-0.3, -0.25) is 0 Å². The summed E-state index contributed by atoms with van der Waals surface area (Å²) in [5.41, 5.74) is 0.568. The monoisotopic (exact) mass is 314 g/mol. The average Bonchev–Trinajstić information content (AvgIpc) is 2.44. The lowest BCUT2D eigenvalue weighted by Gasteiger charge is -2.19. The number of nitrogens with zero attached hydrogens (tertiary/aromatic N) is 3. The molecule has 1 N–H and O–H groups in total. The summed E-state index contributed by atoms with van der Waals surface area (Å²) in [6.07, 6.45) is 3.22. The number of sulfonamides is 1. The van der Waals surface area contributed by atoms with Gasteiger partial charge >= 0.3 is 0 Å². The lowest BCUT2D eigenvalue weighted by molar-refractivity contribution is 0.370. The number of aromatic nitrogens is 1. The zero-order chi connectivity index (χ0) is 15.9. The Morgan fingerprint density at radius 1 is 1.24 bits per heavy atom. The molecule has 1 aromatic rings. The van der Waals surface area contributed by atoms with E-state index in [0.29, 0.717) is 12.2 Å². The molecule has 0 unspecified atom stereocenters. The molecule has 0 aliphatic rings. The highest BCUT2D eigenvalue weighted by Gasteiger charge is 2.25. The molecule has 0 aliphatic heterocycles. The third kappa shape index (κ3) is 5.26. The molecule has 1 heterocycles. The summed E-state index contributed by atoms with van der Waals surface area (Å²) < 4.78 is 26.6. The van der Waals surface area contributed by atoms with Crippen LogP contribution in [0.5, 0.6) is 0 Å². The van der Waals surface area contributed by atoms with Crippen molar-refractivity contribution in [3.63, 3.8) is 0 Å². The van der Waals surface area contributed by atoms with Crippen LogP contribution in [0.15, 0.2) is 23.4 Å². The Bertz CT molecular complexity index is 532. The first-order valence-corrected chi connectivity index (χ1v) is 8.63. The summed E-state index contributed by atoms with van der Waals surface area (Å²) in [7, 11) is 1.99. The highest BCUT2D eigenvalue weighted by atomic mass is 32.2. The van der Waals surface area contributed by atoms with Gasteiger partial charge in [0.15, 0.2) is 5.03 Å². The number of hydrogen-bond acceptors (Lipinski definition) is 5. The molecular formula is C14H26N4O2S. The Balaban J connectivity index is 2.86. The average molecular weight is 314 g/mol. The predicted molar refractivity (Wildman–Crippen MR) is 86.0 cm³/mol. The van der Waals surface area contributed by atoms with Gasteiger partial charge in [0.25, 0.3) is 10.0 Å². The molecule has 0 saturated heterocycles. The lowest BCUT2D eigenvalue weighted by Crippen LogP contribution is -2.31. The molecule has 0 spiro atoms. The first-order chi connectivity index (χ1) is 9.89. The van der Waals surface area contributed by atoms with Crippen molar-refractivity contribution >= 4 is 15.7 Å². The van der Waals surface area contributed by atoms with Crippen LogP contribution in [-0.2, 0) is 10.0 Å². The van der Waals surface area contributed by atoms with E-state index in [4.69, 9.17) is 0 Å². The van der Waals surface area contributed by atoms with Crippen LogP contribution in [0.4, 0.5) is 5.69 Å². The summed E-state index contributed by atoms with van der Waals surface area (Å²) in [6.45, 7) is 4.08. The second kappa shape index (κ2) is 8.31. The number of anilines is 1. The fourth-order valence-corrected chi connectivity index (χ4v) is 3.14. The summed E-state index contributed by atoms with van der Waals surface area (Å²) in [6, 6.07) is 3.49. The van der Waals surface area contributed by atoms with E-state index in [0.717, 1.165) is 25.9 Å². The van der Waals surface area contributed by atoms with Gasteiger partial charge in [-0.2, -0.15) is 4.31 Å². The molecule has 0 bridgehead atoms. The third-order valence-corrected chi connectivity index (χ3v) is 4.89. The van der Waals surface area contributed by atoms with Crippen molar-refractivity contribution in [3.8, 4) is 0 Å². The Morgan fingerprint density at radius 3 is 2.57 bits per heavy atom. The van der Waals surface area contributed by atoms with E-state index in [-0.39, 0.29) is 5.03 Å². The fourth-order valence-electron chi connectivity index (χ4n) is 1.87. The minimum absolute atomic E-state index is 0.103. The Labute approximate surface area is 128 Å². The van der Waals surface area contributed by atoms with E-state index >= 15 is 0 Å². The molecular weight excluding hydrogens is 288 g/mol. The molecule has 1 rings (SSSR count). The highest BCUT2D eigenvalue weighted by Crippen LogP contribution is 2.21. The Kier molecular flexibility index (Phi) is 7.07. The first-order valence-electron chi connectivity index (χ1n) is 7.19. The van der Waals surface area contributed by atoms with Crippen LogP contribution in [0.3, 0.4) is 0 Å². The molecule has 1 aromatic heterocycles. The van der Waals surface area contributed by atoms with Gasteiger partial charge in [-0.05, 0) is 45.6 Å². The van der Waals surface area contributed by atoms with Gasteiger partial charge < -0.3 is 10.2 Å². The summed E-state index contributed by atoms with van der Waals surface area (Å²) in [5.74, 6) is 0. The third-order valence-electron chi connectivity index (χ3n) is 3.07. The topological polar surface area (TPSA) is 65.5 Å². The maximum atomic E-state index is 12.6. The second-order valence-electron chi connectivity index (χ2n) is 5.27. The van der Waals surface area contributed by atoms with E-state index in [2.05, 4.69) is 10.3 Å². The smallest absolute Gasteiger partial charge is 0.262 e. The molecule has 0 aliphatic carbocycles. The Morgan fingerprint density at radius 2 is 1.95 bits per heavy atom. The van der Waals surface area contributed by atoms with Gasteiger partial charge in [-0.1, -0.05) is 6.92 Å². The van der Waals surface area contributed by atoms with Gasteiger partial charge in [0, 0.05) is 26.3 Å². The van der Waals surface area contributed by atoms with Crippen LogP contribution >= 0.6 is 0 Å². The van der Waals surface area contributed by atoms with Crippen LogP contribution in [0.2, 0.25) is 0 Å². The van der Waals surface area contributed by atoms with Crippen LogP contribution in [0, 0.1) is 0 Å². The molecule has 120 valence electrons. The number of nitrogens with one attached hydrogen (secondary N) is 1. The van der Waals surface area contributed by atoms with Crippen molar-refractivity contribution in [3.05, 3.63) is 18.3 Å². The molecule has 21 heavy (non-hydrogen) atoms. The number of hydrogen-bond donors (Lipinski definition) is 1. The van der Waals surface area contributed by atoms with Crippen molar-refractivity contribution in [2.24, 2.45) is 0 Å². The van der Waals surface area contributed by atoms with Gasteiger partial charge in [-0.15, -0.1) is 0 Å². The van der Waals surface area contributed by atoms with E-state index in [1.165, 1.54) is 10.5 Å². The van der Waals surface area contributed by atoms with Crippen molar-refractivity contribution in [2.75, 3.05) is 46.1 Å². The SMILES string of the molecule is CCCNc1cccnc1S(=O)(=O)N(C)CCCN(C)C. The largest absolute Gasteiger partial charge is 0.383 e. The van der Waals surface area contributed by atoms with E-state index in [9.17, 15) is 8.42 Å². The molecule has 0 amide bonds. The highest BCUT2D eigenvalue weighted by molar-refractivity contribution is 7.89. The first kappa shape index (κ1) is 17.9. The summed E-state index contributed by atoms with van der Waals surface area (Å²) in [5, 5.41) is 3.22. The van der Waals surface area contributed by atoms with E-state index in [1.54, 1.807) is 19.2 Å². The second-order valence-corrected chi connectivity index (χ2v) is 7.23. The van der Waals surface area contributed by atoms with E-state index in [1.807, 2.05) is 25.9 Å². The van der Waals surface area contributed by atoms with Gasteiger partial charge in [0.1, 0.15) is 0 Å². The molecule has 0 saturated carbocycles. The van der Waals surface area contributed by atoms with Crippen molar-refractivity contribution in [1.29, 1.82) is 0 Å². The minimum atomic E-state index is -3.56. The van der Waals surface area contributed by atoms with Gasteiger partial charge in [0.05, 0.1) is 5.69 Å². The van der Waals surface area contributed by atoms with Crippen LogP contribution < -0.4 is 5.32 Å². The van der Waals surface area contributed by atoms with Crippen LogP contribution in [0.1, 0.15) is 19.8 Å².